The minimum absolute atomic E-state index is 0.00288. The number of para-hydroxylation sites is 1. The molecule has 1 saturated heterocycles. The van der Waals surface area contributed by atoms with E-state index < -0.39 is 34.4 Å². The summed E-state index contributed by atoms with van der Waals surface area (Å²) < 4.78 is 28.7. The summed E-state index contributed by atoms with van der Waals surface area (Å²) in [5.41, 5.74) is 1.22. The Kier molecular flexibility index (Phi) is 5.50. The van der Waals surface area contributed by atoms with Crippen LogP contribution >= 0.6 is 0 Å². The number of hydrogen-bond donors (Lipinski definition) is 0. The molecule has 9 heteroatoms. The summed E-state index contributed by atoms with van der Waals surface area (Å²) >= 11 is 0. The van der Waals surface area contributed by atoms with Crippen LogP contribution in [-0.4, -0.2) is 54.4 Å². The largest absolute Gasteiger partial charge is 0.451 e. The first kappa shape index (κ1) is 19.0. The summed E-state index contributed by atoms with van der Waals surface area (Å²) in [5.74, 6) is -1.32. The molecule has 8 nitrogen and oxygen atoms in total. The van der Waals surface area contributed by atoms with Crippen LogP contribution in [0.4, 0.5) is 5.69 Å². The average molecular weight is 389 g/mol. The molecule has 2 aromatic rings. The number of esters is 1. The van der Waals surface area contributed by atoms with E-state index >= 15 is 0 Å². The lowest BCUT2D eigenvalue weighted by molar-refractivity contribution is -0.122. The third-order valence-corrected chi connectivity index (χ3v) is 5.94. The molecule has 0 unspecified atom stereocenters. The number of sulfone groups is 1. The van der Waals surface area contributed by atoms with Gasteiger partial charge in [0.15, 0.2) is 22.1 Å². The first-order valence-electron chi connectivity index (χ1n) is 8.39. The zero-order valence-corrected chi connectivity index (χ0v) is 15.6. The van der Waals surface area contributed by atoms with Gasteiger partial charge in [0.05, 0.1) is 29.4 Å². The number of hydrogen-bond acceptors (Lipinski definition) is 7. The Morgan fingerprint density at radius 3 is 2.52 bits per heavy atom. The van der Waals surface area contributed by atoms with Crippen molar-refractivity contribution in [3.8, 4) is 0 Å². The number of benzene rings is 1. The minimum atomic E-state index is -3.18. The van der Waals surface area contributed by atoms with Gasteiger partial charge in [-0.1, -0.05) is 18.2 Å². The van der Waals surface area contributed by atoms with Gasteiger partial charge >= 0.3 is 5.97 Å². The SMILES string of the molecule is Cc1cnc(C(=O)OCC(=O)N(c2ccccc2)[C@H]2CCS(=O)(=O)C2)cn1. The number of carbonyl (C=O) groups excluding carboxylic acids is 2. The van der Waals surface area contributed by atoms with E-state index in [9.17, 15) is 18.0 Å². The van der Waals surface area contributed by atoms with Crippen LogP contribution in [0.2, 0.25) is 0 Å². The van der Waals surface area contributed by atoms with Gasteiger partial charge in [-0.3, -0.25) is 9.78 Å². The van der Waals surface area contributed by atoms with Gasteiger partial charge < -0.3 is 9.64 Å². The Hall–Kier alpha value is -2.81. The van der Waals surface area contributed by atoms with Gasteiger partial charge in [0.1, 0.15) is 0 Å². The quantitative estimate of drug-likeness (QED) is 0.706. The highest BCUT2D eigenvalue weighted by molar-refractivity contribution is 7.91. The maximum Gasteiger partial charge on any atom is 0.359 e. The van der Waals surface area contributed by atoms with E-state index in [4.69, 9.17) is 4.74 Å². The van der Waals surface area contributed by atoms with Crippen LogP contribution in [0.3, 0.4) is 0 Å². The van der Waals surface area contributed by atoms with Gasteiger partial charge in [0.2, 0.25) is 0 Å². The van der Waals surface area contributed by atoms with Gasteiger partial charge in [-0.15, -0.1) is 0 Å². The van der Waals surface area contributed by atoms with Crippen molar-refractivity contribution in [3.05, 3.63) is 54.1 Å². The van der Waals surface area contributed by atoms with Crippen LogP contribution in [0.5, 0.6) is 0 Å². The minimum Gasteiger partial charge on any atom is -0.451 e. The Morgan fingerprint density at radius 1 is 1.19 bits per heavy atom. The van der Waals surface area contributed by atoms with E-state index in [2.05, 4.69) is 9.97 Å². The van der Waals surface area contributed by atoms with Crippen LogP contribution in [0.1, 0.15) is 22.6 Å². The summed E-state index contributed by atoms with van der Waals surface area (Å²) in [4.78, 5) is 34.1. The van der Waals surface area contributed by atoms with Gasteiger partial charge in [-0.25, -0.2) is 18.2 Å². The second-order valence-electron chi connectivity index (χ2n) is 6.28. The molecule has 3 rings (SSSR count). The van der Waals surface area contributed by atoms with Crippen molar-refractivity contribution in [1.82, 2.24) is 9.97 Å². The van der Waals surface area contributed by atoms with Crippen LogP contribution in [0.15, 0.2) is 42.7 Å². The molecular formula is C18H19N3O5S. The molecule has 27 heavy (non-hydrogen) atoms. The molecule has 0 spiro atoms. The molecule has 1 aliphatic rings. The Labute approximate surface area is 157 Å². The average Bonchev–Trinajstić information content (AvgIpc) is 3.00. The monoisotopic (exact) mass is 389 g/mol. The van der Waals surface area contributed by atoms with Gasteiger partial charge in [0.25, 0.3) is 5.91 Å². The molecule has 1 fully saturated rings. The zero-order valence-electron chi connectivity index (χ0n) is 14.7. The maximum absolute atomic E-state index is 12.7. The Balaban J connectivity index is 1.73. The molecule has 1 aromatic heterocycles. The molecule has 0 aliphatic carbocycles. The summed E-state index contributed by atoms with van der Waals surface area (Å²) in [5, 5.41) is 0. The van der Waals surface area contributed by atoms with Crippen molar-refractivity contribution >= 4 is 27.4 Å². The summed E-state index contributed by atoms with van der Waals surface area (Å²) in [6.07, 6.45) is 3.05. The van der Waals surface area contributed by atoms with Crippen molar-refractivity contribution in [2.75, 3.05) is 23.0 Å². The predicted molar refractivity (Wildman–Crippen MR) is 98.0 cm³/mol. The lowest BCUT2D eigenvalue weighted by Gasteiger charge is -2.28. The van der Waals surface area contributed by atoms with Crippen LogP contribution < -0.4 is 4.90 Å². The number of rotatable bonds is 5. The highest BCUT2D eigenvalue weighted by atomic mass is 32.2. The summed E-state index contributed by atoms with van der Waals surface area (Å²) in [6.45, 7) is 1.22. The number of amides is 1. The molecule has 0 bridgehead atoms. The van der Waals surface area contributed by atoms with E-state index in [1.165, 1.54) is 17.3 Å². The second-order valence-corrected chi connectivity index (χ2v) is 8.50. The van der Waals surface area contributed by atoms with E-state index in [0.29, 0.717) is 17.8 Å². The Morgan fingerprint density at radius 2 is 1.93 bits per heavy atom. The fraction of sp³-hybridized carbons (Fsp3) is 0.333. The number of anilines is 1. The van der Waals surface area contributed by atoms with Gasteiger partial charge in [0, 0.05) is 11.9 Å². The van der Waals surface area contributed by atoms with E-state index in [0.717, 1.165) is 0 Å². The van der Waals surface area contributed by atoms with Crippen LogP contribution in [-0.2, 0) is 19.4 Å². The number of carbonyl (C=O) groups is 2. The number of aryl methyl sites for hydroxylation is 1. The number of nitrogens with zero attached hydrogens (tertiary/aromatic N) is 3. The smallest absolute Gasteiger partial charge is 0.359 e. The molecule has 1 aliphatic heterocycles. The fourth-order valence-electron chi connectivity index (χ4n) is 2.89. The third-order valence-electron chi connectivity index (χ3n) is 4.19. The van der Waals surface area contributed by atoms with Gasteiger partial charge in [-0.05, 0) is 25.5 Å². The van der Waals surface area contributed by atoms with Crippen molar-refractivity contribution in [1.29, 1.82) is 0 Å². The summed E-state index contributed by atoms with van der Waals surface area (Å²) in [6, 6.07) is 8.27. The molecule has 0 radical (unpaired) electrons. The lowest BCUT2D eigenvalue weighted by atomic mass is 10.2. The molecular weight excluding hydrogens is 370 g/mol. The summed E-state index contributed by atoms with van der Waals surface area (Å²) in [7, 11) is -3.18. The molecule has 1 atom stereocenters. The lowest BCUT2D eigenvalue weighted by Crippen LogP contribution is -2.43. The zero-order chi connectivity index (χ0) is 19.4. The molecule has 0 saturated carbocycles. The Bertz CT molecular complexity index is 929. The second kappa shape index (κ2) is 7.83. The van der Waals surface area contributed by atoms with Crippen molar-refractivity contribution in [2.45, 2.75) is 19.4 Å². The maximum atomic E-state index is 12.7. The van der Waals surface area contributed by atoms with Crippen LogP contribution in [0, 0.1) is 6.92 Å². The molecule has 1 aromatic carbocycles. The molecule has 1 amide bonds. The van der Waals surface area contributed by atoms with E-state index in [-0.39, 0.29) is 17.2 Å². The highest BCUT2D eigenvalue weighted by Crippen LogP contribution is 2.24. The predicted octanol–water partition coefficient (Wildman–Crippen LogP) is 1.16. The number of aromatic nitrogens is 2. The first-order chi connectivity index (χ1) is 12.9. The third kappa shape index (κ3) is 4.68. The molecule has 0 N–H and O–H groups in total. The van der Waals surface area contributed by atoms with Crippen LogP contribution in [0.25, 0.3) is 0 Å². The standard InChI is InChI=1S/C18H19N3O5S/c1-13-9-20-16(10-19-13)18(23)26-11-17(22)21(14-5-3-2-4-6-14)15-7-8-27(24,25)12-15/h2-6,9-10,15H,7-8,11-12H2,1H3/t15-/m0/s1. The fourth-order valence-corrected chi connectivity index (χ4v) is 4.59. The van der Waals surface area contributed by atoms with E-state index in [1.807, 2.05) is 0 Å². The van der Waals surface area contributed by atoms with Gasteiger partial charge in [-0.2, -0.15) is 0 Å². The van der Waals surface area contributed by atoms with Crippen molar-refractivity contribution < 1.29 is 22.7 Å². The van der Waals surface area contributed by atoms with Crippen molar-refractivity contribution in [2.24, 2.45) is 0 Å². The number of ether oxygens (including phenoxy) is 1. The van der Waals surface area contributed by atoms with Crippen molar-refractivity contribution in [3.63, 3.8) is 0 Å². The molecule has 2 heterocycles. The normalized spacial score (nSPS) is 18.0. The topological polar surface area (TPSA) is 107 Å². The highest BCUT2D eigenvalue weighted by Gasteiger charge is 2.35. The first-order valence-corrected chi connectivity index (χ1v) is 10.2. The molecule has 142 valence electrons. The van der Waals surface area contributed by atoms with E-state index in [1.54, 1.807) is 37.3 Å².